The predicted molar refractivity (Wildman–Crippen MR) is 46.9 cm³/mol. The zero-order valence-corrected chi connectivity index (χ0v) is 11.2. The van der Waals surface area contributed by atoms with Crippen LogP contribution in [0.5, 0.6) is 0 Å². The van der Waals surface area contributed by atoms with Crippen molar-refractivity contribution < 1.29 is 40.8 Å². The molecule has 4 heteroatoms. The SMILES string of the molecule is CC[N-]C.CC[N-]C.Cl.[Nd]. The zero-order chi connectivity index (χ0) is 6.83. The van der Waals surface area contributed by atoms with Crippen LogP contribution in [0.4, 0.5) is 0 Å². The molecule has 64 valence electrons. The van der Waals surface area contributed by atoms with Crippen molar-refractivity contribution >= 4 is 12.4 Å². The average molecular weight is 297 g/mol. The molecule has 0 amide bonds. The molecule has 0 aliphatic heterocycles. The monoisotopic (exact) mass is 294 g/mol. The van der Waals surface area contributed by atoms with Gasteiger partial charge in [-0.25, -0.2) is 0 Å². The standard InChI is InChI=1S/2C3H8N.ClH.Nd/c2*1-3-4-2;;/h2*3H2,1-2H3;1H;/q2*-1;;. The van der Waals surface area contributed by atoms with E-state index >= 15 is 0 Å². The Morgan fingerprint density at radius 3 is 1.00 bits per heavy atom. The quantitative estimate of drug-likeness (QED) is 0.749. The molecule has 2 nitrogen and oxygen atoms in total. The van der Waals surface area contributed by atoms with Crippen molar-refractivity contribution in [2.45, 2.75) is 13.8 Å². The van der Waals surface area contributed by atoms with E-state index in [1.165, 1.54) is 0 Å². The summed E-state index contributed by atoms with van der Waals surface area (Å²) in [6.45, 7) is 5.92. The van der Waals surface area contributed by atoms with Crippen LogP contribution in [-0.4, -0.2) is 27.2 Å². The van der Waals surface area contributed by atoms with Gasteiger partial charge in [-0.3, -0.25) is 0 Å². The second-order valence-corrected chi connectivity index (χ2v) is 1.26. The normalized spacial score (nSPS) is 6.00. The van der Waals surface area contributed by atoms with E-state index in [0.717, 1.165) is 13.1 Å². The summed E-state index contributed by atoms with van der Waals surface area (Å²) >= 11 is 0. The van der Waals surface area contributed by atoms with E-state index in [1.54, 1.807) is 14.1 Å². The van der Waals surface area contributed by atoms with E-state index in [4.69, 9.17) is 0 Å². The Morgan fingerprint density at radius 1 is 0.900 bits per heavy atom. The molecule has 0 aromatic heterocycles. The van der Waals surface area contributed by atoms with Crippen LogP contribution < -0.4 is 0 Å². The zero-order valence-electron chi connectivity index (χ0n) is 7.22. The predicted octanol–water partition coefficient (Wildman–Crippen LogP) is 2.44. The van der Waals surface area contributed by atoms with Gasteiger partial charge < -0.3 is 10.6 Å². The third kappa shape index (κ3) is 55.3. The van der Waals surface area contributed by atoms with Gasteiger partial charge in [0.2, 0.25) is 0 Å². The van der Waals surface area contributed by atoms with Gasteiger partial charge in [0.25, 0.3) is 0 Å². The first kappa shape index (κ1) is 22.6. The van der Waals surface area contributed by atoms with E-state index in [9.17, 15) is 0 Å². The number of rotatable bonds is 2. The largest absolute Gasteiger partial charge is 0.665 e. The average Bonchev–Trinajstić information content (AvgIpc) is 1.88. The number of nitrogens with zero attached hydrogens (tertiary/aromatic N) is 2. The van der Waals surface area contributed by atoms with Gasteiger partial charge in [-0.2, -0.15) is 27.2 Å². The van der Waals surface area contributed by atoms with Gasteiger partial charge in [0.15, 0.2) is 0 Å². The Bertz CT molecular complexity index is 23.7. The molecule has 0 aromatic carbocycles. The van der Waals surface area contributed by atoms with Crippen LogP contribution in [-0.2, 0) is 0 Å². The third-order valence-corrected chi connectivity index (χ3v) is 0.632. The first-order chi connectivity index (χ1) is 3.83. The third-order valence-electron chi connectivity index (χ3n) is 0.632. The molecule has 10 heavy (non-hydrogen) atoms. The minimum absolute atomic E-state index is 0. The van der Waals surface area contributed by atoms with Crippen LogP contribution in [0.3, 0.4) is 0 Å². The maximum Gasteiger partial charge on any atom is 0 e. The molecule has 0 spiro atoms. The Hall–Kier alpha value is 1.56. The minimum Gasteiger partial charge on any atom is -0.665 e. The summed E-state index contributed by atoms with van der Waals surface area (Å²) in [6, 6.07) is 0. The molecule has 0 rings (SSSR count). The fourth-order valence-corrected chi connectivity index (χ4v) is 0. The first-order valence-corrected chi connectivity index (χ1v) is 2.94. The summed E-state index contributed by atoms with van der Waals surface area (Å²) in [7, 11) is 3.61. The van der Waals surface area contributed by atoms with E-state index < -0.39 is 0 Å². The van der Waals surface area contributed by atoms with E-state index in [0.29, 0.717) is 0 Å². The molecule has 0 N–H and O–H groups in total. The van der Waals surface area contributed by atoms with Gasteiger partial charge in [-0.05, 0) is 0 Å². The fraction of sp³-hybridized carbons (Fsp3) is 1.00. The second kappa shape index (κ2) is 31.2. The van der Waals surface area contributed by atoms with Gasteiger partial charge >= 0.3 is 0 Å². The summed E-state index contributed by atoms with van der Waals surface area (Å²) in [5.41, 5.74) is 0. The Morgan fingerprint density at radius 2 is 1.00 bits per heavy atom. The van der Waals surface area contributed by atoms with Crippen molar-refractivity contribution in [1.29, 1.82) is 0 Å². The molecule has 0 unspecified atom stereocenters. The Balaban J connectivity index is -0.0000000300. The van der Waals surface area contributed by atoms with E-state index in [2.05, 4.69) is 10.6 Å². The van der Waals surface area contributed by atoms with Crippen LogP contribution in [0.2, 0.25) is 0 Å². The molecule has 0 saturated heterocycles. The van der Waals surface area contributed by atoms with Gasteiger partial charge in [0.1, 0.15) is 0 Å². The van der Waals surface area contributed by atoms with Crippen LogP contribution in [0.25, 0.3) is 10.6 Å². The molecule has 0 aromatic rings. The van der Waals surface area contributed by atoms with Gasteiger partial charge in [-0.15, -0.1) is 12.4 Å². The minimum atomic E-state index is 0. The molecule has 0 fully saturated rings. The Kier molecular flexibility index (Phi) is 70.4. The van der Waals surface area contributed by atoms with Crippen molar-refractivity contribution in [2.24, 2.45) is 0 Å². The molecule has 0 aliphatic rings. The van der Waals surface area contributed by atoms with Crippen LogP contribution in [0.1, 0.15) is 13.8 Å². The molecule has 0 heterocycles. The maximum atomic E-state index is 3.74. The Labute approximate surface area is 104 Å². The van der Waals surface area contributed by atoms with Gasteiger partial charge in [0.05, 0.1) is 0 Å². The summed E-state index contributed by atoms with van der Waals surface area (Å²) in [5.74, 6) is 0. The molecular weight excluding hydrogens is 280 g/mol. The van der Waals surface area contributed by atoms with Crippen molar-refractivity contribution in [3.63, 3.8) is 0 Å². The van der Waals surface area contributed by atoms with Crippen LogP contribution >= 0.6 is 12.4 Å². The van der Waals surface area contributed by atoms with E-state index in [-0.39, 0.29) is 53.2 Å². The molecule has 0 saturated carbocycles. The van der Waals surface area contributed by atoms with Crippen molar-refractivity contribution in [2.75, 3.05) is 27.2 Å². The maximum absolute atomic E-state index is 3.74. The van der Waals surface area contributed by atoms with Crippen molar-refractivity contribution in [1.82, 2.24) is 0 Å². The molecule has 0 atom stereocenters. The summed E-state index contributed by atoms with van der Waals surface area (Å²) in [4.78, 5) is 0. The number of hydrogen-bond donors (Lipinski definition) is 0. The van der Waals surface area contributed by atoms with Crippen LogP contribution in [0.15, 0.2) is 0 Å². The van der Waals surface area contributed by atoms with Crippen molar-refractivity contribution in [3.8, 4) is 0 Å². The molecule has 0 radical (unpaired) electrons. The van der Waals surface area contributed by atoms with Crippen LogP contribution in [0, 0.1) is 40.8 Å². The topological polar surface area (TPSA) is 28.2 Å². The van der Waals surface area contributed by atoms with E-state index in [1.807, 2.05) is 13.8 Å². The number of hydrogen-bond acceptors (Lipinski definition) is 0. The van der Waals surface area contributed by atoms with Gasteiger partial charge in [0, 0.05) is 40.8 Å². The second-order valence-electron chi connectivity index (χ2n) is 1.26. The summed E-state index contributed by atoms with van der Waals surface area (Å²) in [6.07, 6.45) is 0. The first-order valence-electron chi connectivity index (χ1n) is 2.94. The molecule has 0 aliphatic carbocycles. The smallest absolute Gasteiger partial charge is 0 e. The molecular formula is C6H17ClN2Nd-2. The fourth-order valence-electron chi connectivity index (χ4n) is 0. The summed E-state index contributed by atoms with van der Waals surface area (Å²) in [5, 5.41) is 7.47. The van der Waals surface area contributed by atoms with Gasteiger partial charge in [-0.1, -0.05) is 13.8 Å². The van der Waals surface area contributed by atoms with Crippen molar-refractivity contribution in [3.05, 3.63) is 10.6 Å². The summed E-state index contributed by atoms with van der Waals surface area (Å²) < 4.78 is 0. The molecule has 0 bridgehead atoms. The number of halogens is 1.